The number of carbonyl (C=O) groups excluding carboxylic acids is 2. The fraction of sp³-hybridized carbons (Fsp3) is 0.375. The Hall–Kier alpha value is -4.25. The van der Waals surface area contributed by atoms with Crippen molar-refractivity contribution in [3.05, 3.63) is 83.9 Å². The summed E-state index contributed by atoms with van der Waals surface area (Å²) in [5.74, 6) is 0.318. The van der Waals surface area contributed by atoms with Gasteiger partial charge >= 0.3 is 0 Å². The number of nitrogens with zero attached hydrogens (tertiary/aromatic N) is 2. The minimum Gasteiger partial charge on any atom is -0.497 e. The third kappa shape index (κ3) is 9.12. The number of hydrogen-bond acceptors (Lipinski definition) is 7. The normalized spacial score (nSPS) is 12.5. The van der Waals surface area contributed by atoms with E-state index < -0.39 is 28.5 Å². The second-order valence-electron chi connectivity index (χ2n) is 10.2. The summed E-state index contributed by atoms with van der Waals surface area (Å²) in [6.07, 6.45) is 1.94. The molecule has 0 radical (unpaired) electrons. The average Bonchev–Trinajstić information content (AvgIpc) is 3.00. The molecule has 0 saturated carbocycles. The summed E-state index contributed by atoms with van der Waals surface area (Å²) >= 11 is 0. The fourth-order valence-corrected chi connectivity index (χ4v) is 5.39. The number of benzene rings is 3. The maximum Gasteiger partial charge on any atom is 0.244 e. The van der Waals surface area contributed by atoms with E-state index in [1.54, 1.807) is 37.4 Å². The lowest BCUT2D eigenvalue weighted by molar-refractivity contribution is -0.140. The Kier molecular flexibility index (Phi) is 11.8. The third-order valence-corrected chi connectivity index (χ3v) is 8.22. The van der Waals surface area contributed by atoms with E-state index in [0.717, 1.165) is 16.1 Å². The van der Waals surface area contributed by atoms with Gasteiger partial charge in [0.25, 0.3) is 0 Å². The van der Waals surface area contributed by atoms with Crippen LogP contribution in [0.25, 0.3) is 0 Å². The summed E-state index contributed by atoms with van der Waals surface area (Å²) in [4.78, 5) is 29.6. The molecule has 0 fully saturated rings. The third-order valence-electron chi connectivity index (χ3n) is 7.09. The summed E-state index contributed by atoms with van der Waals surface area (Å²) in [5, 5.41) is 3.02. The first-order chi connectivity index (χ1) is 20.5. The van der Waals surface area contributed by atoms with E-state index in [1.807, 2.05) is 50.2 Å². The second-order valence-corrected chi connectivity index (χ2v) is 12.1. The molecule has 232 valence electrons. The molecule has 43 heavy (non-hydrogen) atoms. The van der Waals surface area contributed by atoms with Crippen molar-refractivity contribution >= 4 is 27.5 Å². The molecule has 0 aliphatic heterocycles. The van der Waals surface area contributed by atoms with Crippen molar-refractivity contribution in [2.24, 2.45) is 0 Å². The van der Waals surface area contributed by atoms with Crippen LogP contribution in [0.15, 0.2) is 72.8 Å². The molecule has 0 heterocycles. The Morgan fingerprint density at radius 3 is 2.12 bits per heavy atom. The van der Waals surface area contributed by atoms with Crippen molar-refractivity contribution < 1.29 is 32.2 Å². The van der Waals surface area contributed by atoms with Crippen LogP contribution in [0.5, 0.6) is 17.2 Å². The van der Waals surface area contributed by atoms with Gasteiger partial charge in [-0.3, -0.25) is 13.9 Å². The first-order valence-corrected chi connectivity index (χ1v) is 15.8. The van der Waals surface area contributed by atoms with Crippen molar-refractivity contribution in [3.8, 4) is 17.2 Å². The van der Waals surface area contributed by atoms with Gasteiger partial charge in [0.1, 0.15) is 29.8 Å². The number of nitrogens with one attached hydrogen (secondary N) is 1. The number of methoxy groups -OCH3 is 3. The zero-order valence-corrected chi connectivity index (χ0v) is 26.4. The van der Waals surface area contributed by atoms with Gasteiger partial charge in [0.2, 0.25) is 21.8 Å². The van der Waals surface area contributed by atoms with E-state index >= 15 is 0 Å². The van der Waals surface area contributed by atoms with Crippen LogP contribution in [0.3, 0.4) is 0 Å². The molecule has 1 N–H and O–H groups in total. The zero-order chi connectivity index (χ0) is 31.6. The summed E-state index contributed by atoms with van der Waals surface area (Å²) in [6.45, 7) is 3.32. The molecule has 3 aromatic rings. The Balaban J connectivity index is 2.13. The van der Waals surface area contributed by atoms with Crippen LogP contribution in [0.2, 0.25) is 0 Å². The fourth-order valence-electron chi connectivity index (χ4n) is 4.55. The largest absolute Gasteiger partial charge is 0.497 e. The van der Waals surface area contributed by atoms with Crippen LogP contribution in [0.1, 0.15) is 31.4 Å². The molecule has 2 amide bonds. The summed E-state index contributed by atoms with van der Waals surface area (Å²) in [5.41, 5.74) is 1.71. The molecule has 0 unspecified atom stereocenters. The number of amides is 2. The van der Waals surface area contributed by atoms with Crippen LogP contribution in [-0.4, -0.2) is 71.3 Å². The number of carbonyl (C=O) groups is 2. The first kappa shape index (κ1) is 33.3. The molecule has 10 nitrogen and oxygen atoms in total. The van der Waals surface area contributed by atoms with Gasteiger partial charge in [0.15, 0.2) is 0 Å². The lowest BCUT2D eigenvalue weighted by Crippen LogP contribution is -2.54. The van der Waals surface area contributed by atoms with Gasteiger partial charge in [-0.2, -0.15) is 0 Å². The van der Waals surface area contributed by atoms with Crippen molar-refractivity contribution in [3.63, 3.8) is 0 Å². The Labute approximate surface area is 254 Å². The first-order valence-electron chi connectivity index (χ1n) is 14.0. The summed E-state index contributed by atoms with van der Waals surface area (Å²) in [6, 6.07) is 20.2. The quantitative estimate of drug-likeness (QED) is 0.276. The minimum atomic E-state index is -3.99. The van der Waals surface area contributed by atoms with Crippen LogP contribution in [0, 0.1) is 0 Å². The van der Waals surface area contributed by atoms with E-state index in [1.165, 1.54) is 25.2 Å². The van der Waals surface area contributed by atoms with E-state index in [-0.39, 0.29) is 36.4 Å². The van der Waals surface area contributed by atoms with Crippen molar-refractivity contribution in [2.75, 3.05) is 38.4 Å². The lowest BCUT2D eigenvalue weighted by Gasteiger charge is -2.34. The van der Waals surface area contributed by atoms with E-state index in [2.05, 4.69) is 5.32 Å². The maximum absolute atomic E-state index is 14.3. The monoisotopic (exact) mass is 611 g/mol. The van der Waals surface area contributed by atoms with Crippen LogP contribution in [-0.2, 0) is 32.6 Å². The van der Waals surface area contributed by atoms with Crippen molar-refractivity contribution in [1.82, 2.24) is 10.2 Å². The van der Waals surface area contributed by atoms with E-state index in [0.29, 0.717) is 23.5 Å². The molecule has 0 aliphatic rings. The molecular weight excluding hydrogens is 570 g/mol. The smallest absolute Gasteiger partial charge is 0.244 e. The van der Waals surface area contributed by atoms with Gasteiger partial charge in [-0.15, -0.1) is 0 Å². The van der Waals surface area contributed by atoms with Gasteiger partial charge in [-0.1, -0.05) is 49.4 Å². The molecule has 0 aromatic heterocycles. The number of anilines is 1. The second kappa shape index (κ2) is 15.3. The Morgan fingerprint density at radius 2 is 1.51 bits per heavy atom. The SMILES string of the molecule is CC[C@@H](C)NC(=O)[C@H](Cc1ccccc1)N(Cc1cccc(OC)c1)C(=O)CN(c1cc(OC)ccc1OC)S(C)(=O)=O. The minimum absolute atomic E-state index is 0.0360. The Bertz CT molecular complexity index is 1480. The highest BCUT2D eigenvalue weighted by atomic mass is 32.2. The predicted octanol–water partition coefficient (Wildman–Crippen LogP) is 4.03. The highest BCUT2D eigenvalue weighted by molar-refractivity contribution is 7.92. The molecule has 3 rings (SSSR count). The molecule has 0 saturated heterocycles. The number of sulfonamides is 1. The Morgan fingerprint density at radius 1 is 0.860 bits per heavy atom. The van der Waals surface area contributed by atoms with Gasteiger partial charge in [0, 0.05) is 25.1 Å². The molecule has 0 spiro atoms. The molecule has 0 aliphatic carbocycles. The number of ether oxygens (including phenoxy) is 3. The topological polar surface area (TPSA) is 114 Å². The van der Waals surface area contributed by atoms with E-state index in [4.69, 9.17) is 14.2 Å². The highest BCUT2D eigenvalue weighted by Gasteiger charge is 2.34. The molecule has 11 heteroatoms. The van der Waals surface area contributed by atoms with Crippen LogP contribution >= 0.6 is 0 Å². The van der Waals surface area contributed by atoms with Crippen LogP contribution in [0.4, 0.5) is 5.69 Å². The summed E-state index contributed by atoms with van der Waals surface area (Å²) < 4.78 is 43.4. The van der Waals surface area contributed by atoms with Crippen molar-refractivity contribution in [1.29, 1.82) is 0 Å². The number of rotatable bonds is 15. The van der Waals surface area contributed by atoms with Gasteiger partial charge in [0.05, 0.1) is 33.3 Å². The van der Waals surface area contributed by atoms with Gasteiger partial charge < -0.3 is 24.4 Å². The summed E-state index contributed by atoms with van der Waals surface area (Å²) in [7, 11) is 0.436. The zero-order valence-electron chi connectivity index (χ0n) is 25.6. The van der Waals surface area contributed by atoms with Crippen LogP contribution < -0.4 is 23.8 Å². The average molecular weight is 612 g/mol. The standard InChI is InChI=1S/C32H41N3O7S/c1-7-23(2)33-32(37)29(19-24-12-9-8-10-13-24)34(21-25-14-11-15-26(18-25)40-3)31(36)22-35(43(6,38)39)28-20-27(41-4)16-17-30(28)42-5/h8-18,20,23,29H,7,19,21-22H2,1-6H3,(H,33,37)/t23-,29+/m1/s1. The lowest BCUT2D eigenvalue weighted by atomic mass is 10.0. The van der Waals surface area contributed by atoms with Gasteiger partial charge in [-0.25, -0.2) is 8.42 Å². The molecular formula is C32H41N3O7S. The van der Waals surface area contributed by atoms with Crippen molar-refractivity contribution in [2.45, 2.75) is 45.3 Å². The predicted molar refractivity (Wildman–Crippen MR) is 167 cm³/mol. The molecule has 0 bridgehead atoms. The van der Waals surface area contributed by atoms with E-state index in [9.17, 15) is 18.0 Å². The molecule has 2 atom stereocenters. The number of hydrogen-bond donors (Lipinski definition) is 1. The molecule has 3 aromatic carbocycles. The highest BCUT2D eigenvalue weighted by Crippen LogP contribution is 2.34. The van der Waals surface area contributed by atoms with Gasteiger partial charge in [-0.05, 0) is 48.7 Å². The maximum atomic E-state index is 14.3.